The average Bonchev–Trinajstić information content (AvgIpc) is 3.14. The van der Waals surface area contributed by atoms with Crippen LogP contribution < -0.4 is 5.32 Å². The van der Waals surface area contributed by atoms with Crippen molar-refractivity contribution in [2.75, 3.05) is 5.32 Å². The number of carbonyl (C=O) groups excluding carboxylic acids is 1. The number of halogens is 3. The van der Waals surface area contributed by atoms with E-state index < -0.39 is 5.51 Å². The Kier molecular flexibility index (Phi) is 4.05. The summed E-state index contributed by atoms with van der Waals surface area (Å²) < 4.78 is 38.5. The van der Waals surface area contributed by atoms with Gasteiger partial charge in [-0.25, -0.2) is 9.97 Å². The van der Waals surface area contributed by atoms with Crippen molar-refractivity contribution in [3.8, 4) is 0 Å². The Hall–Kier alpha value is -2.03. The maximum absolute atomic E-state index is 12.2. The van der Waals surface area contributed by atoms with E-state index in [9.17, 15) is 18.0 Å². The number of alkyl halides is 3. The minimum Gasteiger partial charge on any atom is -0.337 e. The normalized spacial score (nSPS) is 20.3. The molecule has 2 atom stereocenters. The van der Waals surface area contributed by atoms with Crippen LogP contribution in [0, 0.1) is 5.92 Å². The van der Waals surface area contributed by atoms with Crippen LogP contribution in [0.3, 0.4) is 0 Å². The van der Waals surface area contributed by atoms with E-state index >= 15 is 0 Å². The van der Waals surface area contributed by atoms with Gasteiger partial charge in [-0.05, 0) is 18.6 Å². The molecule has 2 heterocycles. The number of nitrogens with zero attached hydrogens (tertiary/aromatic N) is 3. The predicted octanol–water partition coefficient (Wildman–Crippen LogP) is 3.17. The Balaban J connectivity index is 1.58. The standard InChI is InChI=1S/C14H13F3N4OS/c1-21-7-18-6-11(21)9-4-10(9)13(22)20-8-2-3-12(19-5-8)23-14(15,16)17/h2-3,5-7,9-10H,4H2,1H3,(H,20,22)/t9-,10-/m1/s1. The van der Waals surface area contributed by atoms with E-state index in [1.165, 1.54) is 18.3 Å². The number of aryl methyl sites for hydroxylation is 1. The predicted molar refractivity (Wildman–Crippen MR) is 78.8 cm³/mol. The number of carbonyl (C=O) groups is 1. The number of pyridine rings is 1. The lowest BCUT2D eigenvalue weighted by molar-refractivity contribution is -0.117. The highest BCUT2D eigenvalue weighted by Crippen LogP contribution is 2.47. The highest BCUT2D eigenvalue weighted by atomic mass is 32.2. The Labute approximate surface area is 134 Å². The molecule has 0 saturated heterocycles. The van der Waals surface area contributed by atoms with Crippen LogP contribution >= 0.6 is 11.8 Å². The van der Waals surface area contributed by atoms with Crippen LogP contribution in [0.15, 0.2) is 35.9 Å². The molecule has 1 fully saturated rings. The number of thioether (sulfide) groups is 1. The first-order valence-electron chi connectivity index (χ1n) is 6.82. The van der Waals surface area contributed by atoms with Crippen LogP contribution in [0.5, 0.6) is 0 Å². The van der Waals surface area contributed by atoms with Crippen molar-refractivity contribution in [1.29, 1.82) is 0 Å². The van der Waals surface area contributed by atoms with Crippen molar-refractivity contribution in [2.24, 2.45) is 13.0 Å². The molecule has 0 unspecified atom stereocenters. The van der Waals surface area contributed by atoms with Crippen LogP contribution in [-0.2, 0) is 11.8 Å². The summed E-state index contributed by atoms with van der Waals surface area (Å²) in [7, 11) is 1.87. The van der Waals surface area contributed by atoms with E-state index in [1.807, 2.05) is 11.6 Å². The van der Waals surface area contributed by atoms with Gasteiger partial charge in [-0.2, -0.15) is 13.2 Å². The summed E-state index contributed by atoms with van der Waals surface area (Å²) in [6.45, 7) is 0. The first kappa shape index (κ1) is 15.9. The van der Waals surface area contributed by atoms with Gasteiger partial charge in [0.2, 0.25) is 5.91 Å². The zero-order valence-electron chi connectivity index (χ0n) is 12.0. The molecule has 1 saturated carbocycles. The smallest absolute Gasteiger partial charge is 0.337 e. The molecule has 0 radical (unpaired) electrons. The molecule has 0 aliphatic heterocycles. The lowest BCUT2D eigenvalue weighted by Crippen LogP contribution is -2.15. The van der Waals surface area contributed by atoms with Gasteiger partial charge >= 0.3 is 5.51 Å². The van der Waals surface area contributed by atoms with Crippen molar-refractivity contribution in [1.82, 2.24) is 14.5 Å². The maximum Gasteiger partial charge on any atom is 0.447 e. The largest absolute Gasteiger partial charge is 0.447 e. The number of rotatable bonds is 4. The number of amides is 1. The summed E-state index contributed by atoms with van der Waals surface area (Å²) in [5.74, 6) is -0.167. The highest BCUT2D eigenvalue weighted by Gasteiger charge is 2.45. The highest BCUT2D eigenvalue weighted by molar-refractivity contribution is 8.00. The van der Waals surface area contributed by atoms with Crippen molar-refractivity contribution in [3.05, 3.63) is 36.5 Å². The fraction of sp³-hybridized carbons (Fsp3) is 0.357. The topological polar surface area (TPSA) is 59.8 Å². The van der Waals surface area contributed by atoms with Gasteiger partial charge in [0.1, 0.15) is 5.03 Å². The second-order valence-corrected chi connectivity index (χ2v) is 6.39. The van der Waals surface area contributed by atoms with Crippen LogP contribution in [0.2, 0.25) is 0 Å². The number of aromatic nitrogens is 3. The first-order valence-corrected chi connectivity index (χ1v) is 7.64. The monoisotopic (exact) mass is 342 g/mol. The molecule has 0 bridgehead atoms. The SMILES string of the molecule is Cn1cncc1[C@@H]1C[C@H]1C(=O)Nc1ccc(SC(F)(F)F)nc1. The number of imidazole rings is 1. The van der Waals surface area contributed by atoms with Crippen molar-refractivity contribution < 1.29 is 18.0 Å². The lowest BCUT2D eigenvalue weighted by atomic mass is 10.2. The Morgan fingerprint density at radius 2 is 2.17 bits per heavy atom. The summed E-state index contributed by atoms with van der Waals surface area (Å²) in [5.41, 5.74) is -2.99. The minimum absolute atomic E-state index is 0.135. The number of nitrogens with one attached hydrogen (secondary N) is 1. The Bertz CT molecular complexity index is 714. The molecule has 0 aromatic carbocycles. The quantitative estimate of drug-likeness (QED) is 0.867. The van der Waals surface area contributed by atoms with Crippen LogP contribution in [0.25, 0.3) is 0 Å². The fourth-order valence-corrected chi connectivity index (χ4v) is 2.88. The molecular formula is C14H13F3N4OS. The first-order chi connectivity index (χ1) is 10.8. The summed E-state index contributed by atoms with van der Waals surface area (Å²) in [5, 5.41) is 2.53. The van der Waals surface area contributed by atoms with E-state index in [0.717, 1.165) is 12.1 Å². The van der Waals surface area contributed by atoms with Gasteiger partial charge in [0.05, 0.1) is 18.2 Å². The molecule has 1 aliphatic carbocycles. The molecular weight excluding hydrogens is 329 g/mol. The third kappa shape index (κ3) is 3.84. The summed E-state index contributed by atoms with van der Waals surface area (Å²) >= 11 is -0.286. The average molecular weight is 342 g/mol. The van der Waals surface area contributed by atoms with Crippen LogP contribution in [0.4, 0.5) is 18.9 Å². The van der Waals surface area contributed by atoms with Gasteiger partial charge in [0, 0.05) is 42.5 Å². The molecule has 1 amide bonds. The molecule has 5 nitrogen and oxygen atoms in total. The molecule has 2 aromatic heterocycles. The van der Waals surface area contributed by atoms with Gasteiger partial charge in [-0.15, -0.1) is 0 Å². The van der Waals surface area contributed by atoms with Gasteiger partial charge < -0.3 is 9.88 Å². The van der Waals surface area contributed by atoms with E-state index in [1.54, 1.807) is 12.5 Å². The number of anilines is 1. The van der Waals surface area contributed by atoms with Crippen molar-refractivity contribution in [3.63, 3.8) is 0 Å². The van der Waals surface area contributed by atoms with Crippen LogP contribution in [0.1, 0.15) is 18.0 Å². The van der Waals surface area contributed by atoms with E-state index in [-0.39, 0.29) is 34.5 Å². The van der Waals surface area contributed by atoms with E-state index in [2.05, 4.69) is 15.3 Å². The molecule has 1 aliphatic rings. The van der Waals surface area contributed by atoms with Crippen LogP contribution in [-0.4, -0.2) is 26.0 Å². The fourth-order valence-electron chi connectivity index (χ4n) is 2.40. The molecule has 1 N–H and O–H groups in total. The summed E-state index contributed by atoms with van der Waals surface area (Å²) in [6.07, 6.45) is 5.39. The number of hydrogen-bond acceptors (Lipinski definition) is 4. The second kappa shape index (κ2) is 5.88. The maximum atomic E-state index is 12.2. The van der Waals surface area contributed by atoms with Gasteiger partial charge in [0.25, 0.3) is 0 Å². The Morgan fingerprint density at radius 1 is 1.39 bits per heavy atom. The molecule has 0 spiro atoms. The molecule has 9 heteroatoms. The molecule has 3 rings (SSSR count). The summed E-state index contributed by atoms with van der Waals surface area (Å²) in [4.78, 5) is 19.9. The van der Waals surface area contributed by atoms with Gasteiger partial charge in [-0.1, -0.05) is 0 Å². The third-order valence-electron chi connectivity index (χ3n) is 3.59. The Morgan fingerprint density at radius 3 is 2.74 bits per heavy atom. The van der Waals surface area contributed by atoms with E-state index in [0.29, 0.717) is 5.69 Å². The van der Waals surface area contributed by atoms with E-state index in [4.69, 9.17) is 0 Å². The van der Waals surface area contributed by atoms with Gasteiger partial charge in [0.15, 0.2) is 0 Å². The molecule has 23 heavy (non-hydrogen) atoms. The second-order valence-electron chi connectivity index (χ2n) is 5.30. The summed E-state index contributed by atoms with van der Waals surface area (Å²) in [6, 6.07) is 2.65. The van der Waals surface area contributed by atoms with Crippen molar-refractivity contribution in [2.45, 2.75) is 22.9 Å². The zero-order valence-corrected chi connectivity index (χ0v) is 12.9. The lowest BCUT2D eigenvalue weighted by Gasteiger charge is -2.07. The minimum atomic E-state index is -4.37. The van der Waals surface area contributed by atoms with Gasteiger partial charge in [-0.3, -0.25) is 4.79 Å². The molecule has 2 aromatic rings. The third-order valence-corrected chi connectivity index (χ3v) is 4.27. The number of hydrogen-bond donors (Lipinski definition) is 1. The zero-order chi connectivity index (χ0) is 16.6. The van der Waals surface area contributed by atoms with Crippen molar-refractivity contribution >= 4 is 23.4 Å². The molecule has 122 valence electrons.